The number of esters is 4. The third-order valence-electron chi connectivity index (χ3n) is 9.53. The summed E-state index contributed by atoms with van der Waals surface area (Å²) in [5.74, 6) is -1.43. The SMILES string of the molecule is CCOC(=O)c1ccc(N2CCN(c3ccc(C(=O)OCC)cc3)CCN(c3ccc(C(=O)OCC)cc3)CCN(c3ccc(C(=O)OCC)cc3)CC2)cc1. The first-order chi connectivity index (χ1) is 27.2. The molecule has 0 unspecified atom stereocenters. The Balaban J connectivity index is 1.48. The Kier molecular flexibility index (Phi) is 15.1. The second-order valence-electron chi connectivity index (χ2n) is 13.0. The van der Waals surface area contributed by atoms with Gasteiger partial charge in [0.15, 0.2) is 0 Å². The number of anilines is 4. The van der Waals surface area contributed by atoms with Gasteiger partial charge >= 0.3 is 23.9 Å². The topological polar surface area (TPSA) is 118 Å². The lowest BCUT2D eigenvalue weighted by Gasteiger charge is -2.37. The maximum absolute atomic E-state index is 12.5. The average Bonchev–Trinajstić information content (AvgIpc) is 3.22. The Hall–Kier alpha value is -6.04. The molecule has 296 valence electrons. The van der Waals surface area contributed by atoms with E-state index in [-0.39, 0.29) is 23.9 Å². The molecular weight excluding hydrogens is 713 g/mol. The van der Waals surface area contributed by atoms with Crippen LogP contribution in [0.5, 0.6) is 0 Å². The summed E-state index contributed by atoms with van der Waals surface area (Å²) in [7, 11) is 0. The van der Waals surface area contributed by atoms with Crippen molar-refractivity contribution in [2.45, 2.75) is 27.7 Å². The van der Waals surface area contributed by atoms with Gasteiger partial charge in [0.25, 0.3) is 0 Å². The highest BCUT2D eigenvalue weighted by Gasteiger charge is 2.20. The van der Waals surface area contributed by atoms with Crippen LogP contribution in [0.3, 0.4) is 0 Å². The molecule has 1 fully saturated rings. The summed E-state index contributed by atoms with van der Waals surface area (Å²) in [6.45, 7) is 13.6. The van der Waals surface area contributed by atoms with Gasteiger partial charge in [-0.05, 0) is 125 Å². The lowest BCUT2D eigenvalue weighted by Crippen LogP contribution is -2.46. The zero-order valence-corrected chi connectivity index (χ0v) is 32.8. The van der Waals surface area contributed by atoms with Crippen molar-refractivity contribution in [3.63, 3.8) is 0 Å². The Morgan fingerprint density at radius 2 is 0.500 bits per heavy atom. The molecule has 0 aliphatic carbocycles. The van der Waals surface area contributed by atoms with Crippen molar-refractivity contribution in [3.8, 4) is 0 Å². The molecule has 1 saturated heterocycles. The van der Waals surface area contributed by atoms with Crippen LogP contribution in [0.4, 0.5) is 22.7 Å². The first-order valence-electron chi connectivity index (χ1n) is 19.3. The van der Waals surface area contributed by atoms with Crippen LogP contribution in [-0.4, -0.2) is 103 Å². The van der Waals surface area contributed by atoms with E-state index in [0.29, 0.717) is 101 Å². The van der Waals surface area contributed by atoms with E-state index in [4.69, 9.17) is 18.9 Å². The molecule has 4 aromatic rings. The number of hydrogen-bond donors (Lipinski definition) is 0. The van der Waals surface area contributed by atoms with Gasteiger partial charge in [0.05, 0.1) is 48.7 Å². The van der Waals surface area contributed by atoms with Gasteiger partial charge in [-0.3, -0.25) is 0 Å². The van der Waals surface area contributed by atoms with Crippen LogP contribution >= 0.6 is 0 Å². The smallest absolute Gasteiger partial charge is 0.338 e. The largest absolute Gasteiger partial charge is 0.462 e. The summed E-state index contributed by atoms with van der Waals surface area (Å²) in [4.78, 5) is 59.1. The van der Waals surface area contributed by atoms with E-state index in [0.717, 1.165) is 22.7 Å². The molecule has 5 rings (SSSR count). The highest BCUT2D eigenvalue weighted by atomic mass is 16.5. The lowest BCUT2D eigenvalue weighted by atomic mass is 10.1. The second-order valence-corrected chi connectivity index (χ2v) is 13.0. The summed E-state index contributed by atoms with van der Waals surface area (Å²) in [6, 6.07) is 30.0. The van der Waals surface area contributed by atoms with Crippen LogP contribution in [0, 0.1) is 0 Å². The summed E-state index contributed by atoms with van der Waals surface area (Å²) in [5.41, 5.74) is 5.84. The Labute approximate surface area is 329 Å². The Morgan fingerprint density at radius 3 is 0.643 bits per heavy atom. The fraction of sp³-hybridized carbons (Fsp3) is 0.364. The molecule has 4 aromatic carbocycles. The van der Waals surface area contributed by atoms with Crippen molar-refractivity contribution >= 4 is 46.6 Å². The molecule has 1 heterocycles. The molecule has 0 bridgehead atoms. The molecule has 12 nitrogen and oxygen atoms in total. The zero-order valence-electron chi connectivity index (χ0n) is 32.8. The van der Waals surface area contributed by atoms with Crippen LogP contribution < -0.4 is 19.6 Å². The van der Waals surface area contributed by atoms with Gasteiger partial charge < -0.3 is 38.5 Å². The maximum Gasteiger partial charge on any atom is 0.338 e. The number of rotatable bonds is 12. The van der Waals surface area contributed by atoms with Crippen LogP contribution in [0.1, 0.15) is 69.1 Å². The van der Waals surface area contributed by atoms with Crippen molar-refractivity contribution in [3.05, 3.63) is 119 Å². The number of carbonyl (C=O) groups is 4. The quantitative estimate of drug-likeness (QED) is 0.112. The maximum atomic E-state index is 12.5. The fourth-order valence-corrected chi connectivity index (χ4v) is 6.54. The standard InChI is InChI=1S/C44H52N4O8/c1-5-53-41(49)33-9-17-37(18-10-33)45-25-27-46(38-19-11-34(12-20-38)42(50)54-6-2)29-31-48(40-23-15-36(16-24-40)44(52)56-8-4)32-30-47(28-26-45)39-21-13-35(14-22-39)43(51)55-7-3/h9-24H,5-8,25-32H2,1-4H3. The molecule has 0 amide bonds. The van der Waals surface area contributed by atoms with Gasteiger partial charge in [-0.15, -0.1) is 0 Å². The predicted molar refractivity (Wildman–Crippen MR) is 218 cm³/mol. The van der Waals surface area contributed by atoms with Crippen LogP contribution in [0.15, 0.2) is 97.1 Å². The summed E-state index contributed by atoms with van der Waals surface area (Å²) >= 11 is 0. The van der Waals surface area contributed by atoms with E-state index in [1.54, 1.807) is 76.2 Å². The summed E-state index contributed by atoms with van der Waals surface area (Å²) < 4.78 is 20.9. The van der Waals surface area contributed by atoms with E-state index < -0.39 is 0 Å². The van der Waals surface area contributed by atoms with E-state index in [1.807, 2.05) is 48.5 Å². The molecule has 0 aromatic heterocycles. The van der Waals surface area contributed by atoms with Crippen molar-refractivity contribution in [1.82, 2.24) is 0 Å². The van der Waals surface area contributed by atoms with Gasteiger partial charge in [0, 0.05) is 75.1 Å². The molecule has 1 aliphatic rings. The molecule has 0 spiro atoms. The fourth-order valence-electron chi connectivity index (χ4n) is 6.54. The first-order valence-corrected chi connectivity index (χ1v) is 19.3. The van der Waals surface area contributed by atoms with E-state index in [1.165, 1.54) is 0 Å². The minimum Gasteiger partial charge on any atom is -0.462 e. The molecule has 0 saturated carbocycles. The normalized spacial score (nSPS) is 13.9. The highest BCUT2D eigenvalue weighted by Crippen LogP contribution is 2.24. The molecule has 12 heteroatoms. The molecule has 0 radical (unpaired) electrons. The molecule has 0 atom stereocenters. The van der Waals surface area contributed by atoms with Crippen molar-refractivity contribution in [2.75, 3.05) is 98.4 Å². The van der Waals surface area contributed by atoms with Crippen molar-refractivity contribution in [2.24, 2.45) is 0 Å². The van der Waals surface area contributed by atoms with Crippen molar-refractivity contribution in [1.29, 1.82) is 0 Å². The number of carbonyl (C=O) groups excluding carboxylic acids is 4. The number of hydrogen-bond acceptors (Lipinski definition) is 12. The minimum absolute atomic E-state index is 0.302. The minimum atomic E-state index is -0.359. The number of ether oxygens (including phenoxy) is 4. The first kappa shape index (κ1) is 41.1. The van der Waals surface area contributed by atoms with Gasteiger partial charge in [-0.2, -0.15) is 0 Å². The Bertz CT molecular complexity index is 1590. The Morgan fingerprint density at radius 1 is 0.339 bits per heavy atom. The van der Waals surface area contributed by atoms with Crippen molar-refractivity contribution < 1.29 is 38.1 Å². The summed E-state index contributed by atoms with van der Waals surface area (Å²) in [6.07, 6.45) is 0. The zero-order chi connectivity index (χ0) is 39.9. The van der Waals surface area contributed by atoms with Crippen LogP contribution in [0.25, 0.3) is 0 Å². The van der Waals surface area contributed by atoms with Crippen LogP contribution in [-0.2, 0) is 18.9 Å². The van der Waals surface area contributed by atoms with E-state index in [2.05, 4.69) is 19.6 Å². The summed E-state index contributed by atoms with van der Waals surface area (Å²) in [5, 5.41) is 0. The highest BCUT2D eigenvalue weighted by molar-refractivity contribution is 5.91. The third kappa shape index (κ3) is 11.0. The lowest BCUT2D eigenvalue weighted by molar-refractivity contribution is 0.0517. The van der Waals surface area contributed by atoms with E-state index >= 15 is 0 Å². The molecule has 56 heavy (non-hydrogen) atoms. The average molecular weight is 765 g/mol. The molecule has 1 aliphatic heterocycles. The van der Waals surface area contributed by atoms with E-state index in [9.17, 15) is 19.2 Å². The van der Waals surface area contributed by atoms with Gasteiger partial charge in [0.1, 0.15) is 0 Å². The molecular formula is C44H52N4O8. The molecule has 0 N–H and O–H groups in total. The monoisotopic (exact) mass is 764 g/mol. The van der Waals surface area contributed by atoms with Gasteiger partial charge in [-0.25, -0.2) is 19.2 Å². The van der Waals surface area contributed by atoms with Gasteiger partial charge in [0.2, 0.25) is 0 Å². The second kappa shape index (κ2) is 20.6. The van der Waals surface area contributed by atoms with Crippen LogP contribution in [0.2, 0.25) is 0 Å². The third-order valence-corrected chi connectivity index (χ3v) is 9.53. The number of nitrogens with zero attached hydrogens (tertiary/aromatic N) is 4. The van der Waals surface area contributed by atoms with Gasteiger partial charge in [-0.1, -0.05) is 0 Å². The predicted octanol–water partition coefficient (Wildman–Crippen LogP) is 6.73. The number of benzene rings is 4.